The minimum atomic E-state index is -0.460. The van der Waals surface area contributed by atoms with E-state index in [2.05, 4.69) is 4.99 Å². The van der Waals surface area contributed by atoms with Gasteiger partial charge in [-0.1, -0.05) is 48.5 Å². The number of carbonyl (C=O) groups is 1. The number of likely N-dealkylation sites (N-methyl/N-ethyl adjacent to an activating group) is 1. The van der Waals surface area contributed by atoms with Crippen LogP contribution in [0.1, 0.15) is 17.2 Å². The number of anilines is 1. The molecule has 0 saturated heterocycles. The highest BCUT2D eigenvalue weighted by Crippen LogP contribution is 2.28. The van der Waals surface area contributed by atoms with Crippen molar-refractivity contribution >= 4 is 17.8 Å². The molecule has 0 N–H and O–H groups in total. The molecule has 0 fully saturated rings. The van der Waals surface area contributed by atoms with Crippen molar-refractivity contribution in [2.75, 3.05) is 11.9 Å². The molecule has 2 aromatic carbocycles. The Balaban J connectivity index is 2.06. The molecule has 94 valence electrons. The van der Waals surface area contributed by atoms with Crippen LogP contribution in [0.2, 0.25) is 0 Å². The highest BCUT2D eigenvalue weighted by molar-refractivity contribution is 6.05. The second-order valence-corrected chi connectivity index (χ2v) is 4.55. The summed E-state index contributed by atoms with van der Waals surface area (Å²) in [7, 11) is 1.80. The van der Waals surface area contributed by atoms with Gasteiger partial charge in [0.25, 0.3) is 5.91 Å². The van der Waals surface area contributed by atoms with Crippen LogP contribution in [-0.2, 0) is 4.79 Å². The van der Waals surface area contributed by atoms with Crippen molar-refractivity contribution in [3.8, 4) is 0 Å². The van der Waals surface area contributed by atoms with Gasteiger partial charge in [-0.3, -0.25) is 9.79 Å². The first-order valence-electron chi connectivity index (χ1n) is 6.22. The highest BCUT2D eigenvalue weighted by atomic mass is 16.2. The minimum Gasteiger partial charge on any atom is -0.313 e. The van der Waals surface area contributed by atoms with Gasteiger partial charge in [0.2, 0.25) is 0 Å². The highest BCUT2D eigenvalue weighted by Gasteiger charge is 2.26. The zero-order chi connectivity index (χ0) is 13.2. The van der Waals surface area contributed by atoms with Gasteiger partial charge in [0.05, 0.1) is 5.69 Å². The predicted octanol–water partition coefficient (Wildman–Crippen LogP) is 2.82. The second-order valence-electron chi connectivity index (χ2n) is 4.55. The fourth-order valence-electron chi connectivity index (χ4n) is 2.29. The van der Waals surface area contributed by atoms with E-state index in [0.29, 0.717) is 0 Å². The first-order valence-corrected chi connectivity index (χ1v) is 6.22. The molecule has 19 heavy (non-hydrogen) atoms. The largest absolute Gasteiger partial charge is 0.313 e. The smallest absolute Gasteiger partial charge is 0.256 e. The lowest BCUT2D eigenvalue weighted by Gasteiger charge is -2.20. The summed E-state index contributed by atoms with van der Waals surface area (Å²) in [5.41, 5.74) is 2.79. The van der Waals surface area contributed by atoms with Crippen LogP contribution in [0.25, 0.3) is 0 Å². The standard InChI is InChI=1S/C16H14N2O/c1-18-14-10-6-5-9-13(14)11-17-15(16(18)19)12-7-3-2-4-8-12/h2-11,15H,1H3. The van der Waals surface area contributed by atoms with Gasteiger partial charge in [-0.05, 0) is 11.6 Å². The van der Waals surface area contributed by atoms with Crippen LogP contribution in [0.4, 0.5) is 5.69 Å². The maximum Gasteiger partial charge on any atom is 0.256 e. The average molecular weight is 250 g/mol. The summed E-state index contributed by atoms with van der Waals surface area (Å²) in [4.78, 5) is 18.7. The molecule has 0 aliphatic carbocycles. The van der Waals surface area contributed by atoms with Crippen LogP contribution in [-0.4, -0.2) is 19.2 Å². The summed E-state index contributed by atoms with van der Waals surface area (Å²) < 4.78 is 0. The maximum absolute atomic E-state index is 12.5. The van der Waals surface area contributed by atoms with Gasteiger partial charge in [-0.15, -0.1) is 0 Å². The molecule has 3 rings (SSSR count). The van der Waals surface area contributed by atoms with E-state index in [1.807, 2.05) is 54.6 Å². The van der Waals surface area contributed by atoms with Gasteiger partial charge in [0.15, 0.2) is 6.04 Å². The van der Waals surface area contributed by atoms with Crippen molar-refractivity contribution in [1.29, 1.82) is 0 Å². The van der Waals surface area contributed by atoms with Crippen molar-refractivity contribution in [2.24, 2.45) is 4.99 Å². The van der Waals surface area contributed by atoms with E-state index in [1.54, 1.807) is 18.2 Å². The summed E-state index contributed by atoms with van der Waals surface area (Å²) in [6.07, 6.45) is 1.79. The fraction of sp³-hybridized carbons (Fsp3) is 0.125. The molecule has 2 aromatic rings. The molecule has 3 nitrogen and oxygen atoms in total. The van der Waals surface area contributed by atoms with Gasteiger partial charge in [0.1, 0.15) is 0 Å². The van der Waals surface area contributed by atoms with Crippen LogP contribution in [0.3, 0.4) is 0 Å². The van der Waals surface area contributed by atoms with E-state index >= 15 is 0 Å². The van der Waals surface area contributed by atoms with E-state index in [1.165, 1.54) is 0 Å². The Labute approximate surface area is 112 Å². The minimum absolute atomic E-state index is 0.00704. The summed E-state index contributed by atoms with van der Waals surface area (Å²) in [5.74, 6) is -0.00704. The lowest BCUT2D eigenvalue weighted by atomic mass is 10.1. The maximum atomic E-state index is 12.5. The average Bonchev–Trinajstić information content (AvgIpc) is 2.59. The molecule has 0 bridgehead atoms. The summed E-state index contributed by atoms with van der Waals surface area (Å²) >= 11 is 0. The number of hydrogen-bond acceptors (Lipinski definition) is 2. The Bertz CT molecular complexity index is 634. The topological polar surface area (TPSA) is 32.7 Å². The Hall–Kier alpha value is -2.42. The zero-order valence-electron chi connectivity index (χ0n) is 10.7. The summed E-state index contributed by atoms with van der Waals surface area (Å²) in [6.45, 7) is 0. The molecule has 1 aliphatic heterocycles. The number of para-hydroxylation sites is 1. The predicted molar refractivity (Wildman–Crippen MR) is 76.6 cm³/mol. The first kappa shape index (κ1) is 11.7. The molecule has 0 aromatic heterocycles. The Kier molecular flexibility index (Phi) is 2.88. The van der Waals surface area contributed by atoms with Crippen molar-refractivity contribution in [1.82, 2.24) is 0 Å². The molecular weight excluding hydrogens is 236 g/mol. The third kappa shape index (κ3) is 2.03. The number of hydrogen-bond donors (Lipinski definition) is 0. The quantitative estimate of drug-likeness (QED) is 0.766. The number of amides is 1. The van der Waals surface area contributed by atoms with E-state index in [9.17, 15) is 4.79 Å². The van der Waals surface area contributed by atoms with E-state index in [0.717, 1.165) is 16.8 Å². The second kappa shape index (κ2) is 4.69. The van der Waals surface area contributed by atoms with Crippen LogP contribution in [0.15, 0.2) is 59.6 Å². The van der Waals surface area contributed by atoms with Gasteiger partial charge >= 0.3 is 0 Å². The molecule has 1 amide bonds. The molecule has 1 heterocycles. The van der Waals surface area contributed by atoms with Crippen LogP contribution in [0, 0.1) is 0 Å². The SMILES string of the molecule is CN1C(=O)C(c2ccccc2)N=Cc2ccccc21. The normalized spacial score (nSPS) is 18.1. The van der Waals surface area contributed by atoms with Crippen molar-refractivity contribution in [3.63, 3.8) is 0 Å². The Morgan fingerprint density at radius 2 is 1.68 bits per heavy atom. The Morgan fingerprint density at radius 1 is 1.00 bits per heavy atom. The third-order valence-electron chi connectivity index (χ3n) is 3.34. The molecule has 3 heteroatoms. The number of benzene rings is 2. The van der Waals surface area contributed by atoms with Gasteiger partial charge < -0.3 is 4.90 Å². The number of benzodiazepines with no additional fused rings is 1. The molecular formula is C16H14N2O. The molecule has 1 atom stereocenters. The van der Waals surface area contributed by atoms with E-state index in [-0.39, 0.29) is 5.91 Å². The van der Waals surface area contributed by atoms with Crippen LogP contribution < -0.4 is 4.90 Å². The van der Waals surface area contributed by atoms with Crippen molar-refractivity contribution < 1.29 is 4.79 Å². The Morgan fingerprint density at radius 3 is 2.47 bits per heavy atom. The lowest BCUT2D eigenvalue weighted by molar-refractivity contribution is -0.119. The van der Waals surface area contributed by atoms with Crippen molar-refractivity contribution in [3.05, 3.63) is 65.7 Å². The van der Waals surface area contributed by atoms with Crippen LogP contribution in [0.5, 0.6) is 0 Å². The molecule has 0 radical (unpaired) electrons. The van der Waals surface area contributed by atoms with Gasteiger partial charge in [0, 0.05) is 18.8 Å². The van der Waals surface area contributed by atoms with Crippen LogP contribution >= 0.6 is 0 Å². The van der Waals surface area contributed by atoms with Gasteiger partial charge in [-0.25, -0.2) is 0 Å². The summed E-state index contributed by atoms with van der Waals surface area (Å²) in [6, 6.07) is 17.0. The molecule has 1 aliphatic rings. The number of fused-ring (bicyclic) bond motifs is 1. The monoisotopic (exact) mass is 250 g/mol. The number of aliphatic imine (C=N–C) groups is 1. The lowest BCUT2D eigenvalue weighted by Crippen LogP contribution is -2.30. The number of nitrogens with zero attached hydrogens (tertiary/aromatic N) is 2. The van der Waals surface area contributed by atoms with Gasteiger partial charge in [-0.2, -0.15) is 0 Å². The first-order chi connectivity index (χ1) is 9.27. The molecule has 0 spiro atoms. The van der Waals surface area contributed by atoms with Crippen molar-refractivity contribution in [2.45, 2.75) is 6.04 Å². The van der Waals surface area contributed by atoms with E-state index < -0.39 is 6.04 Å². The number of carbonyl (C=O) groups excluding carboxylic acids is 1. The molecule has 1 unspecified atom stereocenters. The van der Waals surface area contributed by atoms with E-state index in [4.69, 9.17) is 0 Å². The number of rotatable bonds is 1. The summed E-state index contributed by atoms with van der Waals surface area (Å²) in [5, 5.41) is 0. The third-order valence-corrected chi connectivity index (χ3v) is 3.34. The fourth-order valence-corrected chi connectivity index (χ4v) is 2.29. The molecule has 0 saturated carbocycles. The zero-order valence-corrected chi connectivity index (χ0v) is 10.7.